The maximum atomic E-state index is 14.9. The molecule has 0 saturated carbocycles. The van der Waals surface area contributed by atoms with E-state index in [0.29, 0.717) is 36.8 Å². The van der Waals surface area contributed by atoms with Crippen LogP contribution in [0, 0.1) is 12.7 Å². The van der Waals surface area contributed by atoms with E-state index in [9.17, 15) is 13.6 Å². The number of alkyl halides is 1. The third-order valence-electron chi connectivity index (χ3n) is 5.43. The fourth-order valence-corrected chi connectivity index (χ4v) is 3.98. The highest BCUT2D eigenvalue weighted by Crippen LogP contribution is 2.34. The van der Waals surface area contributed by atoms with Crippen molar-refractivity contribution in [2.45, 2.75) is 44.4 Å². The highest BCUT2D eigenvalue weighted by atomic mass is 19.1. The molecule has 0 unspecified atom stereocenters. The van der Waals surface area contributed by atoms with Crippen molar-refractivity contribution in [3.63, 3.8) is 0 Å². The Kier molecular flexibility index (Phi) is 4.56. The lowest BCUT2D eigenvalue weighted by Gasteiger charge is -2.42. The summed E-state index contributed by atoms with van der Waals surface area (Å²) in [5, 5.41) is 6.22. The lowest BCUT2D eigenvalue weighted by molar-refractivity contribution is -0.133. The summed E-state index contributed by atoms with van der Waals surface area (Å²) in [4.78, 5) is 14.6. The van der Waals surface area contributed by atoms with Crippen molar-refractivity contribution in [2.24, 2.45) is 0 Å². The molecule has 5 nitrogen and oxygen atoms in total. The van der Waals surface area contributed by atoms with Crippen LogP contribution in [0.15, 0.2) is 29.6 Å². The Morgan fingerprint density at radius 2 is 2.04 bits per heavy atom. The van der Waals surface area contributed by atoms with Crippen LogP contribution < -0.4 is 10.6 Å². The molecule has 0 aliphatic carbocycles. The summed E-state index contributed by atoms with van der Waals surface area (Å²) >= 11 is 0. The van der Waals surface area contributed by atoms with Gasteiger partial charge in [-0.15, -0.1) is 0 Å². The summed E-state index contributed by atoms with van der Waals surface area (Å²) in [6, 6.07) is 3.99. The number of nitrogens with zero attached hydrogens (tertiary/aromatic N) is 1. The second kappa shape index (κ2) is 6.87. The van der Waals surface area contributed by atoms with E-state index in [-0.39, 0.29) is 18.4 Å². The summed E-state index contributed by atoms with van der Waals surface area (Å²) in [6.07, 6.45) is 0.191. The van der Waals surface area contributed by atoms with Crippen LogP contribution in [0.1, 0.15) is 36.4 Å². The number of benzene rings is 1. The molecule has 1 saturated heterocycles. The first-order valence-electron chi connectivity index (χ1n) is 9.07. The molecular formula is C19H23F2N3O2. The third kappa shape index (κ3) is 3.05. The van der Waals surface area contributed by atoms with Crippen molar-refractivity contribution in [3.8, 4) is 0 Å². The molecule has 1 aromatic carbocycles. The maximum Gasteiger partial charge on any atom is 0.255 e. The van der Waals surface area contributed by atoms with E-state index in [1.165, 1.54) is 6.07 Å². The molecule has 1 aromatic rings. The molecule has 1 amide bonds. The largest absolute Gasteiger partial charge is 0.381 e. The minimum absolute atomic E-state index is 0.0219. The van der Waals surface area contributed by atoms with Gasteiger partial charge in [-0.1, -0.05) is 17.7 Å². The van der Waals surface area contributed by atoms with E-state index in [0.717, 1.165) is 18.4 Å². The van der Waals surface area contributed by atoms with Crippen molar-refractivity contribution >= 4 is 5.91 Å². The van der Waals surface area contributed by atoms with Crippen LogP contribution in [0.4, 0.5) is 8.78 Å². The van der Waals surface area contributed by atoms with Gasteiger partial charge in [-0.3, -0.25) is 4.79 Å². The van der Waals surface area contributed by atoms with Gasteiger partial charge >= 0.3 is 0 Å². The van der Waals surface area contributed by atoms with Gasteiger partial charge < -0.3 is 20.3 Å². The number of carbonyl (C=O) groups is 1. The predicted octanol–water partition coefficient (Wildman–Crippen LogP) is 2.29. The fraction of sp³-hybridized carbons (Fsp3) is 0.526. The average Bonchev–Trinajstić information content (AvgIpc) is 2.65. The minimum Gasteiger partial charge on any atom is -0.381 e. The monoisotopic (exact) mass is 363 g/mol. The van der Waals surface area contributed by atoms with Crippen LogP contribution in [-0.2, 0) is 9.53 Å². The second-order valence-corrected chi connectivity index (χ2v) is 7.17. The van der Waals surface area contributed by atoms with Gasteiger partial charge in [0, 0.05) is 31.2 Å². The highest BCUT2D eigenvalue weighted by molar-refractivity contribution is 5.95. The van der Waals surface area contributed by atoms with E-state index in [4.69, 9.17) is 4.74 Å². The minimum atomic E-state index is -1.37. The molecule has 3 heterocycles. The van der Waals surface area contributed by atoms with Crippen LogP contribution in [0.2, 0.25) is 0 Å². The van der Waals surface area contributed by atoms with Gasteiger partial charge in [-0.25, -0.2) is 8.78 Å². The zero-order chi connectivity index (χ0) is 18.3. The van der Waals surface area contributed by atoms with Gasteiger partial charge in [0.05, 0.1) is 18.3 Å². The Bertz CT molecular complexity index is 746. The molecule has 140 valence electrons. The summed E-state index contributed by atoms with van der Waals surface area (Å²) in [5.41, 5.74) is 1.58. The second-order valence-electron chi connectivity index (χ2n) is 7.17. The summed E-state index contributed by atoms with van der Waals surface area (Å²) in [5.74, 6) is -0.0483. The lowest BCUT2D eigenvalue weighted by Crippen LogP contribution is -2.56. The Labute approximate surface area is 151 Å². The predicted molar refractivity (Wildman–Crippen MR) is 92.2 cm³/mol. The number of aryl methyl sites for hydroxylation is 1. The quantitative estimate of drug-likeness (QED) is 0.847. The van der Waals surface area contributed by atoms with Crippen molar-refractivity contribution in [3.05, 3.63) is 46.5 Å². The Hall–Kier alpha value is -2.15. The van der Waals surface area contributed by atoms with Crippen molar-refractivity contribution in [2.75, 3.05) is 19.9 Å². The first kappa shape index (κ1) is 17.3. The standard InChI is InChI=1S/C19H23F2N3O2/c1-11-2-3-15(20)13(8-11)17-16(21)9-14-18(23-17)22-10-24(19(14)25)12-4-6-26-7-5-12/h2-3,8,12,16-17,22-23H,4-7,9-10H2,1H3/t16-,17+/m1/s1. The maximum absolute atomic E-state index is 14.9. The van der Waals surface area contributed by atoms with E-state index in [1.807, 2.05) is 6.92 Å². The van der Waals surface area contributed by atoms with Crippen LogP contribution >= 0.6 is 0 Å². The molecule has 0 radical (unpaired) electrons. The van der Waals surface area contributed by atoms with E-state index >= 15 is 0 Å². The van der Waals surface area contributed by atoms with Crippen molar-refractivity contribution < 1.29 is 18.3 Å². The number of hydrogen-bond donors (Lipinski definition) is 2. The molecule has 2 N–H and O–H groups in total. The van der Waals surface area contributed by atoms with Gasteiger partial charge in [-0.05, 0) is 25.8 Å². The number of halogens is 2. The van der Waals surface area contributed by atoms with Gasteiger partial charge in [0.2, 0.25) is 0 Å². The number of rotatable bonds is 2. The number of carbonyl (C=O) groups excluding carboxylic acids is 1. The third-order valence-corrected chi connectivity index (χ3v) is 5.43. The molecule has 1 fully saturated rings. The SMILES string of the molecule is Cc1ccc(F)c([C@@H]2NC3=C(C[C@H]2F)C(=O)N(C2CCOCC2)CN3)c1. The Balaban J connectivity index is 1.57. The Morgan fingerprint density at radius 1 is 1.27 bits per heavy atom. The van der Waals surface area contributed by atoms with Gasteiger partial charge in [0.1, 0.15) is 17.8 Å². The summed E-state index contributed by atoms with van der Waals surface area (Å²) in [6.45, 7) is 3.49. The first-order chi connectivity index (χ1) is 12.5. The topological polar surface area (TPSA) is 53.6 Å². The number of hydrogen-bond acceptors (Lipinski definition) is 4. The number of nitrogens with one attached hydrogen (secondary N) is 2. The molecule has 3 aliphatic heterocycles. The van der Waals surface area contributed by atoms with E-state index < -0.39 is 18.0 Å². The number of ether oxygens (including phenoxy) is 1. The molecule has 4 rings (SSSR count). The summed E-state index contributed by atoms with van der Waals surface area (Å²) in [7, 11) is 0. The smallest absolute Gasteiger partial charge is 0.255 e. The van der Waals surface area contributed by atoms with Crippen LogP contribution in [0.25, 0.3) is 0 Å². The highest BCUT2D eigenvalue weighted by Gasteiger charge is 2.40. The van der Waals surface area contributed by atoms with E-state index in [2.05, 4.69) is 10.6 Å². The molecule has 7 heteroatoms. The van der Waals surface area contributed by atoms with Gasteiger partial charge in [-0.2, -0.15) is 0 Å². The van der Waals surface area contributed by atoms with Crippen molar-refractivity contribution in [1.29, 1.82) is 0 Å². The first-order valence-corrected chi connectivity index (χ1v) is 9.07. The molecule has 0 spiro atoms. The zero-order valence-corrected chi connectivity index (χ0v) is 14.7. The molecule has 0 bridgehead atoms. The van der Waals surface area contributed by atoms with Gasteiger partial charge in [0.15, 0.2) is 0 Å². The van der Waals surface area contributed by atoms with E-state index in [1.54, 1.807) is 17.0 Å². The van der Waals surface area contributed by atoms with Crippen LogP contribution in [-0.4, -0.2) is 42.9 Å². The molecule has 3 aliphatic rings. The zero-order valence-electron chi connectivity index (χ0n) is 14.7. The molecule has 0 aromatic heterocycles. The van der Waals surface area contributed by atoms with Crippen LogP contribution in [0.5, 0.6) is 0 Å². The lowest BCUT2D eigenvalue weighted by atomic mass is 9.90. The van der Waals surface area contributed by atoms with Gasteiger partial charge in [0.25, 0.3) is 5.91 Å². The summed E-state index contributed by atoms with van der Waals surface area (Å²) < 4.78 is 34.4. The molecular weight excluding hydrogens is 340 g/mol. The Morgan fingerprint density at radius 3 is 2.81 bits per heavy atom. The fourth-order valence-electron chi connectivity index (χ4n) is 3.98. The average molecular weight is 363 g/mol. The molecule has 2 atom stereocenters. The van der Waals surface area contributed by atoms with Crippen molar-refractivity contribution in [1.82, 2.24) is 15.5 Å². The normalized spacial score (nSPS) is 27.0. The molecule has 26 heavy (non-hydrogen) atoms. The number of amides is 1. The van der Waals surface area contributed by atoms with Crippen LogP contribution in [0.3, 0.4) is 0 Å².